The Kier molecular flexibility index (Phi) is 7.98. The topological polar surface area (TPSA) is 25.8 Å². The highest BCUT2D eigenvalue weighted by atomic mass is 14.7. The summed E-state index contributed by atoms with van der Waals surface area (Å²) in [5, 5.41) is 4.95. The summed E-state index contributed by atoms with van der Waals surface area (Å²) in [6.45, 7) is 4.08. The van der Waals surface area contributed by atoms with E-state index in [0.29, 0.717) is 0 Å². The van der Waals surface area contributed by atoms with Crippen LogP contribution < -0.4 is 0 Å². The number of aromatic nitrogens is 2. The zero-order chi connectivity index (χ0) is 35.0. The van der Waals surface area contributed by atoms with Gasteiger partial charge in [0.05, 0.1) is 0 Å². The normalized spacial score (nSPS) is 11.3. The average Bonchev–Trinajstić information content (AvgIpc) is 3.20. The molecule has 0 saturated carbocycles. The van der Waals surface area contributed by atoms with Gasteiger partial charge in [0.25, 0.3) is 0 Å². The zero-order valence-electron chi connectivity index (χ0n) is 29.2. The molecule has 2 aromatic heterocycles. The summed E-state index contributed by atoms with van der Waals surface area (Å²) in [6.07, 6.45) is 3.77. The number of hydrogen-bond acceptors (Lipinski definition) is 2. The molecule has 0 radical (unpaired) electrons. The second-order valence-electron chi connectivity index (χ2n) is 13.5. The smallest absolute Gasteiger partial charge is 0.0378 e. The molecule has 0 aliphatic carbocycles. The number of aryl methyl sites for hydroxylation is 2. The van der Waals surface area contributed by atoms with E-state index in [1.165, 1.54) is 88.3 Å². The number of fused-ring (bicyclic) bond motifs is 2. The van der Waals surface area contributed by atoms with E-state index >= 15 is 0 Å². The van der Waals surface area contributed by atoms with Gasteiger partial charge in [0, 0.05) is 23.8 Å². The first kappa shape index (κ1) is 31.3. The van der Waals surface area contributed by atoms with Crippen LogP contribution in [0.4, 0.5) is 0 Å². The third-order valence-electron chi connectivity index (χ3n) is 10.1. The number of pyridine rings is 2. The minimum absolute atomic E-state index is 1.02. The van der Waals surface area contributed by atoms with Crippen molar-refractivity contribution in [1.82, 2.24) is 9.97 Å². The molecule has 0 amide bonds. The molecule has 0 N–H and O–H groups in total. The van der Waals surface area contributed by atoms with Gasteiger partial charge in [-0.25, -0.2) is 0 Å². The molecule has 9 aromatic rings. The van der Waals surface area contributed by atoms with Crippen molar-refractivity contribution in [3.8, 4) is 66.8 Å². The number of hydrogen-bond donors (Lipinski definition) is 0. The molecule has 52 heavy (non-hydrogen) atoms. The molecular weight excluding hydrogens is 629 g/mol. The molecule has 0 atom stereocenters. The average molecular weight is 665 g/mol. The van der Waals surface area contributed by atoms with Gasteiger partial charge in [-0.2, -0.15) is 0 Å². The minimum Gasteiger partial charge on any atom is -0.262 e. The van der Waals surface area contributed by atoms with Crippen LogP contribution in [0.25, 0.3) is 88.3 Å². The van der Waals surface area contributed by atoms with Crippen molar-refractivity contribution in [3.05, 3.63) is 194 Å². The van der Waals surface area contributed by atoms with Crippen molar-refractivity contribution in [3.63, 3.8) is 0 Å². The SMILES string of the molecule is Cc1cc(-c2ccc(-c3c4ccccc4c(-c4ccc(-c5ccnc(C)c5)cc4)c4cc(-c5cccc(-c6ccccc6)c5)ccc34)cc2)ccn1. The van der Waals surface area contributed by atoms with Gasteiger partial charge in [0.2, 0.25) is 0 Å². The lowest BCUT2D eigenvalue weighted by Gasteiger charge is -2.19. The third-order valence-corrected chi connectivity index (χ3v) is 10.1. The molecule has 0 aliphatic heterocycles. The molecule has 2 heteroatoms. The highest BCUT2D eigenvalue weighted by molar-refractivity contribution is 6.22. The highest BCUT2D eigenvalue weighted by Gasteiger charge is 2.18. The van der Waals surface area contributed by atoms with Crippen LogP contribution in [-0.2, 0) is 0 Å². The lowest BCUT2D eigenvalue weighted by Crippen LogP contribution is -1.92. The molecule has 9 rings (SSSR count). The summed E-state index contributed by atoms with van der Waals surface area (Å²) in [4.78, 5) is 8.81. The minimum atomic E-state index is 1.02. The fraction of sp³-hybridized carbons (Fsp3) is 0.0400. The van der Waals surface area contributed by atoms with Crippen LogP contribution in [0, 0.1) is 13.8 Å². The molecule has 2 heterocycles. The Morgan fingerprint density at radius 3 is 1.21 bits per heavy atom. The largest absolute Gasteiger partial charge is 0.262 e. The molecular formula is C50H36N2. The van der Waals surface area contributed by atoms with Gasteiger partial charge in [-0.15, -0.1) is 0 Å². The molecule has 0 fully saturated rings. The van der Waals surface area contributed by atoms with E-state index in [2.05, 4.69) is 180 Å². The van der Waals surface area contributed by atoms with Crippen LogP contribution in [0.2, 0.25) is 0 Å². The summed E-state index contributed by atoms with van der Waals surface area (Å²) >= 11 is 0. The van der Waals surface area contributed by atoms with Gasteiger partial charge in [-0.3, -0.25) is 9.97 Å². The highest BCUT2D eigenvalue weighted by Crippen LogP contribution is 2.45. The molecule has 0 unspecified atom stereocenters. The molecule has 2 nitrogen and oxygen atoms in total. The van der Waals surface area contributed by atoms with Crippen LogP contribution in [0.1, 0.15) is 11.4 Å². The van der Waals surface area contributed by atoms with Gasteiger partial charge in [0.1, 0.15) is 0 Å². The van der Waals surface area contributed by atoms with Gasteiger partial charge in [-0.05, 0) is 139 Å². The first-order chi connectivity index (χ1) is 25.6. The second kappa shape index (κ2) is 13.2. The fourth-order valence-electron chi connectivity index (χ4n) is 7.60. The Morgan fingerprint density at radius 2 is 0.654 bits per heavy atom. The Hall–Kier alpha value is -6.64. The van der Waals surface area contributed by atoms with E-state index in [0.717, 1.165) is 11.4 Å². The van der Waals surface area contributed by atoms with E-state index < -0.39 is 0 Å². The summed E-state index contributed by atoms with van der Waals surface area (Å²) in [6, 6.07) is 61.9. The Morgan fingerprint density at radius 1 is 0.269 bits per heavy atom. The van der Waals surface area contributed by atoms with E-state index in [4.69, 9.17) is 0 Å². The predicted octanol–water partition coefficient (Wildman–Crippen LogP) is 13.4. The van der Waals surface area contributed by atoms with E-state index in [9.17, 15) is 0 Å². The van der Waals surface area contributed by atoms with E-state index in [1.807, 2.05) is 26.2 Å². The first-order valence-corrected chi connectivity index (χ1v) is 17.8. The van der Waals surface area contributed by atoms with Crippen molar-refractivity contribution in [1.29, 1.82) is 0 Å². The number of nitrogens with zero attached hydrogens (tertiary/aromatic N) is 2. The molecule has 0 saturated heterocycles. The number of rotatable bonds is 6. The lowest BCUT2D eigenvalue weighted by atomic mass is 9.84. The molecule has 7 aromatic carbocycles. The van der Waals surface area contributed by atoms with Crippen molar-refractivity contribution >= 4 is 21.5 Å². The summed E-state index contributed by atoms with van der Waals surface area (Å²) in [5.41, 5.74) is 16.5. The van der Waals surface area contributed by atoms with Gasteiger partial charge in [-0.1, -0.05) is 133 Å². The maximum Gasteiger partial charge on any atom is 0.0378 e. The van der Waals surface area contributed by atoms with Crippen LogP contribution in [0.5, 0.6) is 0 Å². The van der Waals surface area contributed by atoms with Gasteiger partial charge in [0.15, 0.2) is 0 Å². The van der Waals surface area contributed by atoms with Crippen LogP contribution >= 0.6 is 0 Å². The standard InChI is InChI=1S/C50H36N2/c1-33-29-43(25-27-51-33)36-15-19-38(20-16-36)49-45-13-6-7-14-46(45)50(39-21-17-37(18-22-39)44-26-28-52-34(2)30-44)48-32-42(23-24-47(48)49)41-12-8-11-40(31-41)35-9-4-3-5-10-35/h3-32H,1-2H3. The van der Waals surface area contributed by atoms with E-state index in [1.54, 1.807) is 0 Å². The van der Waals surface area contributed by atoms with Gasteiger partial charge >= 0.3 is 0 Å². The quantitative estimate of drug-likeness (QED) is 0.165. The summed E-state index contributed by atoms with van der Waals surface area (Å²) < 4.78 is 0. The van der Waals surface area contributed by atoms with Crippen molar-refractivity contribution in [2.75, 3.05) is 0 Å². The zero-order valence-corrected chi connectivity index (χ0v) is 29.2. The number of benzene rings is 7. The molecule has 246 valence electrons. The van der Waals surface area contributed by atoms with Gasteiger partial charge < -0.3 is 0 Å². The molecule has 0 aliphatic rings. The third kappa shape index (κ3) is 5.85. The maximum absolute atomic E-state index is 4.41. The lowest BCUT2D eigenvalue weighted by molar-refractivity contribution is 1.20. The first-order valence-electron chi connectivity index (χ1n) is 17.8. The monoisotopic (exact) mass is 664 g/mol. The van der Waals surface area contributed by atoms with Crippen molar-refractivity contribution in [2.24, 2.45) is 0 Å². The Labute approximate surface area is 304 Å². The molecule has 0 bridgehead atoms. The van der Waals surface area contributed by atoms with Crippen LogP contribution in [0.15, 0.2) is 182 Å². The Bertz CT molecular complexity index is 2730. The van der Waals surface area contributed by atoms with Crippen molar-refractivity contribution < 1.29 is 0 Å². The molecule has 0 spiro atoms. The summed E-state index contributed by atoms with van der Waals surface area (Å²) in [5.74, 6) is 0. The predicted molar refractivity (Wildman–Crippen MR) is 219 cm³/mol. The van der Waals surface area contributed by atoms with Crippen LogP contribution in [0.3, 0.4) is 0 Å². The second-order valence-corrected chi connectivity index (χ2v) is 13.5. The maximum atomic E-state index is 4.41. The van der Waals surface area contributed by atoms with Crippen LogP contribution in [-0.4, -0.2) is 9.97 Å². The Balaban J connectivity index is 1.26. The van der Waals surface area contributed by atoms with E-state index in [-0.39, 0.29) is 0 Å². The summed E-state index contributed by atoms with van der Waals surface area (Å²) in [7, 11) is 0. The fourth-order valence-corrected chi connectivity index (χ4v) is 7.60. The van der Waals surface area contributed by atoms with Crippen molar-refractivity contribution in [2.45, 2.75) is 13.8 Å².